The zero-order valence-electron chi connectivity index (χ0n) is 15.6. The van der Waals surface area contributed by atoms with Gasteiger partial charge in [0.15, 0.2) is 0 Å². The summed E-state index contributed by atoms with van der Waals surface area (Å²) in [4.78, 5) is 18.4. The summed E-state index contributed by atoms with van der Waals surface area (Å²) < 4.78 is 16.0. The van der Waals surface area contributed by atoms with Crippen LogP contribution in [0.2, 0.25) is 0 Å². The van der Waals surface area contributed by atoms with Crippen molar-refractivity contribution in [3.8, 4) is 0 Å². The third-order valence-corrected chi connectivity index (χ3v) is 4.84. The van der Waals surface area contributed by atoms with Crippen molar-refractivity contribution in [2.75, 3.05) is 18.4 Å². The van der Waals surface area contributed by atoms with Gasteiger partial charge in [-0.05, 0) is 36.2 Å². The van der Waals surface area contributed by atoms with Crippen LogP contribution in [0.25, 0.3) is 0 Å². The smallest absolute Gasteiger partial charge is 0.321 e. The fraction of sp³-hybridized carbons (Fsp3) is 0.300. The molecule has 8 heteroatoms. The molecule has 0 unspecified atom stereocenters. The number of anilines is 1. The quantitative estimate of drug-likeness (QED) is 0.758. The Morgan fingerprint density at radius 3 is 2.93 bits per heavy atom. The molecule has 0 saturated heterocycles. The lowest BCUT2D eigenvalue weighted by molar-refractivity contribution is 0.212. The maximum Gasteiger partial charge on any atom is 0.321 e. The maximum atomic E-state index is 13.9. The second-order valence-electron chi connectivity index (χ2n) is 6.87. The number of urea groups is 1. The molecule has 28 heavy (non-hydrogen) atoms. The SMILES string of the molecule is Cc1ccc(F)c(NC(=O)N2CCc3nnc(Cc4cccnc4)n3CC2)c1. The predicted octanol–water partition coefficient (Wildman–Crippen LogP) is 2.80. The minimum Gasteiger partial charge on any atom is -0.322 e. The number of nitrogens with one attached hydrogen (secondary N) is 1. The first-order valence-corrected chi connectivity index (χ1v) is 9.22. The average Bonchev–Trinajstić information content (AvgIpc) is 2.94. The van der Waals surface area contributed by atoms with Gasteiger partial charge in [-0.1, -0.05) is 12.1 Å². The molecule has 0 atom stereocenters. The Labute approximate surface area is 162 Å². The van der Waals surface area contributed by atoms with Crippen LogP contribution < -0.4 is 5.32 Å². The number of fused-ring (bicyclic) bond motifs is 1. The molecule has 0 aliphatic carbocycles. The first kappa shape index (κ1) is 18.1. The van der Waals surface area contributed by atoms with Crippen LogP contribution in [0.4, 0.5) is 14.9 Å². The van der Waals surface area contributed by atoms with Crippen LogP contribution in [0.15, 0.2) is 42.7 Å². The van der Waals surface area contributed by atoms with Gasteiger partial charge in [0.2, 0.25) is 0 Å². The molecule has 7 nitrogen and oxygen atoms in total. The van der Waals surface area contributed by atoms with Crippen LogP contribution >= 0.6 is 0 Å². The van der Waals surface area contributed by atoms with Crippen molar-refractivity contribution in [2.45, 2.75) is 26.3 Å². The van der Waals surface area contributed by atoms with Crippen LogP contribution in [0.5, 0.6) is 0 Å². The molecule has 4 rings (SSSR count). The highest BCUT2D eigenvalue weighted by molar-refractivity contribution is 5.89. The molecule has 3 aromatic rings. The van der Waals surface area contributed by atoms with Crippen molar-refractivity contribution in [3.63, 3.8) is 0 Å². The Morgan fingerprint density at radius 1 is 1.21 bits per heavy atom. The largest absolute Gasteiger partial charge is 0.322 e. The summed E-state index contributed by atoms with van der Waals surface area (Å²) in [6, 6.07) is 8.25. The number of rotatable bonds is 3. The number of halogens is 1. The summed E-state index contributed by atoms with van der Waals surface area (Å²) in [6.45, 7) is 3.47. The molecular weight excluding hydrogens is 359 g/mol. The molecule has 0 spiro atoms. The second kappa shape index (κ2) is 7.75. The van der Waals surface area contributed by atoms with Crippen LogP contribution in [0.3, 0.4) is 0 Å². The molecule has 2 amide bonds. The molecule has 0 saturated carbocycles. The van der Waals surface area contributed by atoms with Gasteiger partial charge in [-0.15, -0.1) is 10.2 Å². The van der Waals surface area contributed by atoms with E-state index in [0.29, 0.717) is 32.5 Å². The number of benzene rings is 1. The lowest BCUT2D eigenvalue weighted by atomic mass is 10.2. The standard InChI is InChI=1S/C20H21FN6O/c1-14-4-5-16(21)17(11-14)23-20(28)26-8-6-18-24-25-19(27(18)10-9-26)12-15-3-2-7-22-13-15/h2-5,7,11,13H,6,8-10,12H2,1H3,(H,23,28). The van der Waals surface area contributed by atoms with Gasteiger partial charge in [0.05, 0.1) is 5.69 Å². The zero-order chi connectivity index (χ0) is 19.5. The van der Waals surface area contributed by atoms with E-state index in [1.807, 2.05) is 25.3 Å². The van der Waals surface area contributed by atoms with Gasteiger partial charge in [0.1, 0.15) is 17.5 Å². The molecular formula is C20H21FN6O. The molecule has 1 aliphatic rings. The van der Waals surface area contributed by atoms with Crippen LogP contribution in [0.1, 0.15) is 22.8 Å². The van der Waals surface area contributed by atoms with Crippen molar-refractivity contribution in [1.82, 2.24) is 24.6 Å². The zero-order valence-corrected chi connectivity index (χ0v) is 15.6. The number of carbonyl (C=O) groups is 1. The molecule has 144 valence electrons. The number of aryl methyl sites for hydroxylation is 1. The monoisotopic (exact) mass is 380 g/mol. The van der Waals surface area contributed by atoms with Crippen molar-refractivity contribution < 1.29 is 9.18 Å². The Bertz CT molecular complexity index is 988. The normalized spacial score (nSPS) is 13.7. The number of nitrogens with zero attached hydrogens (tertiary/aromatic N) is 5. The third-order valence-electron chi connectivity index (χ3n) is 4.84. The third kappa shape index (κ3) is 3.85. The van der Waals surface area contributed by atoms with E-state index >= 15 is 0 Å². The number of pyridine rings is 1. The fourth-order valence-corrected chi connectivity index (χ4v) is 3.33. The fourth-order valence-electron chi connectivity index (χ4n) is 3.33. The Hall–Kier alpha value is -3.29. The molecule has 3 heterocycles. The van der Waals surface area contributed by atoms with Crippen molar-refractivity contribution in [2.24, 2.45) is 0 Å². The van der Waals surface area contributed by atoms with Gasteiger partial charge >= 0.3 is 6.03 Å². The van der Waals surface area contributed by atoms with E-state index < -0.39 is 5.82 Å². The van der Waals surface area contributed by atoms with E-state index in [1.165, 1.54) is 6.07 Å². The summed E-state index contributed by atoms with van der Waals surface area (Å²) >= 11 is 0. The van der Waals surface area contributed by atoms with Gasteiger partial charge in [0.25, 0.3) is 0 Å². The molecule has 1 aromatic carbocycles. The van der Waals surface area contributed by atoms with E-state index in [0.717, 1.165) is 22.8 Å². The van der Waals surface area contributed by atoms with Crippen molar-refractivity contribution in [3.05, 3.63) is 71.3 Å². The number of carbonyl (C=O) groups excluding carboxylic acids is 1. The van der Waals surface area contributed by atoms with Crippen molar-refractivity contribution in [1.29, 1.82) is 0 Å². The van der Waals surface area contributed by atoms with E-state index in [1.54, 1.807) is 23.2 Å². The Kier molecular flexibility index (Phi) is 5.01. The van der Waals surface area contributed by atoms with Gasteiger partial charge in [-0.3, -0.25) is 4.98 Å². The summed E-state index contributed by atoms with van der Waals surface area (Å²) in [5, 5.41) is 11.3. The summed E-state index contributed by atoms with van der Waals surface area (Å²) in [5.74, 6) is 1.27. The van der Waals surface area contributed by atoms with Gasteiger partial charge in [-0.2, -0.15) is 0 Å². The first-order chi connectivity index (χ1) is 13.6. The maximum absolute atomic E-state index is 13.9. The summed E-state index contributed by atoms with van der Waals surface area (Å²) in [6.07, 6.45) is 4.79. The molecule has 0 radical (unpaired) electrons. The van der Waals surface area contributed by atoms with Crippen LogP contribution in [-0.2, 0) is 19.4 Å². The van der Waals surface area contributed by atoms with E-state index in [2.05, 4.69) is 25.1 Å². The van der Waals surface area contributed by atoms with Gasteiger partial charge < -0.3 is 14.8 Å². The highest BCUT2D eigenvalue weighted by atomic mass is 19.1. The minimum absolute atomic E-state index is 0.200. The van der Waals surface area contributed by atoms with Crippen LogP contribution in [0, 0.1) is 12.7 Å². The number of hydrogen-bond donors (Lipinski definition) is 1. The molecule has 0 bridgehead atoms. The number of aromatic nitrogens is 4. The molecule has 2 aromatic heterocycles. The first-order valence-electron chi connectivity index (χ1n) is 9.22. The average molecular weight is 380 g/mol. The second-order valence-corrected chi connectivity index (χ2v) is 6.87. The Morgan fingerprint density at radius 2 is 2.11 bits per heavy atom. The molecule has 1 aliphatic heterocycles. The predicted molar refractivity (Wildman–Crippen MR) is 102 cm³/mol. The Balaban J connectivity index is 1.44. The topological polar surface area (TPSA) is 75.9 Å². The molecule has 1 N–H and O–H groups in total. The van der Waals surface area contributed by atoms with E-state index in [9.17, 15) is 9.18 Å². The lowest BCUT2D eigenvalue weighted by Gasteiger charge is -2.21. The van der Waals surface area contributed by atoms with Crippen LogP contribution in [-0.4, -0.2) is 43.8 Å². The van der Waals surface area contributed by atoms with Gasteiger partial charge in [0, 0.05) is 44.9 Å². The van der Waals surface area contributed by atoms with Gasteiger partial charge in [-0.25, -0.2) is 9.18 Å². The summed E-state index contributed by atoms with van der Waals surface area (Å²) in [5.41, 5.74) is 2.15. The lowest BCUT2D eigenvalue weighted by Crippen LogP contribution is -2.37. The number of amides is 2. The highest BCUT2D eigenvalue weighted by Crippen LogP contribution is 2.18. The van der Waals surface area contributed by atoms with E-state index in [-0.39, 0.29) is 11.7 Å². The highest BCUT2D eigenvalue weighted by Gasteiger charge is 2.22. The van der Waals surface area contributed by atoms with E-state index in [4.69, 9.17) is 0 Å². The molecule has 0 fully saturated rings. The van der Waals surface area contributed by atoms with Crippen molar-refractivity contribution >= 4 is 11.7 Å². The number of hydrogen-bond acceptors (Lipinski definition) is 4. The minimum atomic E-state index is -0.440. The summed E-state index contributed by atoms with van der Waals surface area (Å²) in [7, 11) is 0.